The van der Waals surface area contributed by atoms with E-state index in [4.69, 9.17) is 26.3 Å². The van der Waals surface area contributed by atoms with Crippen molar-refractivity contribution in [2.75, 3.05) is 18.5 Å². The van der Waals surface area contributed by atoms with Gasteiger partial charge in [0.2, 0.25) is 0 Å². The van der Waals surface area contributed by atoms with Crippen molar-refractivity contribution in [1.82, 2.24) is 4.98 Å². The Morgan fingerprint density at radius 1 is 1.25 bits per heavy atom. The van der Waals surface area contributed by atoms with E-state index in [1.54, 1.807) is 42.6 Å². The number of carbonyl (C=O) groups is 1. The van der Waals surface area contributed by atoms with E-state index in [9.17, 15) is 4.79 Å². The van der Waals surface area contributed by atoms with E-state index in [1.807, 2.05) is 6.07 Å². The maximum absolute atomic E-state index is 12.0. The quantitative estimate of drug-likeness (QED) is 0.741. The number of nitrogens with one attached hydrogen (secondary N) is 1. The van der Waals surface area contributed by atoms with Gasteiger partial charge in [0.05, 0.1) is 12.7 Å². The first-order valence-corrected chi connectivity index (χ1v) is 7.70. The van der Waals surface area contributed by atoms with Crippen LogP contribution in [0.25, 0.3) is 0 Å². The van der Waals surface area contributed by atoms with Crippen LogP contribution >= 0.6 is 11.6 Å². The third kappa shape index (κ3) is 5.78. The number of ether oxygens (including phenoxy) is 2. The molecule has 0 unspecified atom stereocenters. The number of pyridine rings is 1. The van der Waals surface area contributed by atoms with Crippen LogP contribution in [0.4, 0.5) is 5.82 Å². The second kappa shape index (κ2) is 9.38. The Bertz CT molecular complexity index is 714. The second-order valence-corrected chi connectivity index (χ2v) is 5.19. The number of anilines is 1. The molecule has 1 aromatic heterocycles. The SMILES string of the molecule is N#CCCCOc1cccnc1NC(=O)COc1ccc(Cl)cc1. The van der Waals surface area contributed by atoms with E-state index in [0.717, 1.165) is 0 Å². The predicted molar refractivity (Wildman–Crippen MR) is 90.2 cm³/mol. The van der Waals surface area contributed by atoms with Crippen molar-refractivity contribution in [2.45, 2.75) is 12.8 Å². The molecule has 0 aliphatic heterocycles. The number of aromatic nitrogens is 1. The summed E-state index contributed by atoms with van der Waals surface area (Å²) in [7, 11) is 0. The van der Waals surface area contributed by atoms with Gasteiger partial charge in [0, 0.05) is 17.6 Å². The molecule has 0 atom stereocenters. The molecule has 0 saturated heterocycles. The molecule has 6 nitrogen and oxygen atoms in total. The summed E-state index contributed by atoms with van der Waals surface area (Å²) in [4.78, 5) is 16.1. The zero-order valence-electron chi connectivity index (χ0n) is 12.9. The van der Waals surface area contributed by atoms with Gasteiger partial charge in [-0.05, 0) is 42.8 Å². The second-order valence-electron chi connectivity index (χ2n) is 4.75. The molecule has 2 rings (SSSR count). The number of amides is 1. The highest BCUT2D eigenvalue weighted by Crippen LogP contribution is 2.21. The van der Waals surface area contributed by atoms with Crippen LogP contribution in [0.1, 0.15) is 12.8 Å². The van der Waals surface area contributed by atoms with Crippen LogP contribution < -0.4 is 14.8 Å². The number of rotatable bonds is 8. The van der Waals surface area contributed by atoms with Gasteiger partial charge in [-0.15, -0.1) is 0 Å². The average molecular weight is 346 g/mol. The highest BCUT2D eigenvalue weighted by Gasteiger charge is 2.10. The first-order chi connectivity index (χ1) is 11.7. The van der Waals surface area contributed by atoms with Crippen LogP contribution in [0.15, 0.2) is 42.6 Å². The molecule has 2 aromatic rings. The number of nitriles is 1. The summed E-state index contributed by atoms with van der Waals surface area (Å²) in [6.45, 7) is 0.218. The Labute approximate surface area is 145 Å². The van der Waals surface area contributed by atoms with Crippen molar-refractivity contribution >= 4 is 23.3 Å². The molecule has 0 spiro atoms. The number of unbranched alkanes of at least 4 members (excludes halogenated alkanes) is 1. The van der Waals surface area contributed by atoms with Crippen LogP contribution in [0.5, 0.6) is 11.5 Å². The van der Waals surface area contributed by atoms with Gasteiger partial charge in [-0.25, -0.2) is 4.98 Å². The lowest BCUT2D eigenvalue weighted by molar-refractivity contribution is -0.118. The Morgan fingerprint density at radius 3 is 2.79 bits per heavy atom. The van der Waals surface area contributed by atoms with E-state index in [0.29, 0.717) is 41.8 Å². The Hall–Kier alpha value is -2.78. The number of nitrogens with zero attached hydrogens (tertiary/aromatic N) is 2. The van der Waals surface area contributed by atoms with Crippen molar-refractivity contribution in [3.8, 4) is 17.6 Å². The molecule has 1 N–H and O–H groups in total. The van der Waals surface area contributed by atoms with E-state index in [2.05, 4.69) is 10.3 Å². The summed E-state index contributed by atoms with van der Waals surface area (Å²) < 4.78 is 10.9. The summed E-state index contributed by atoms with van der Waals surface area (Å²) in [5.41, 5.74) is 0. The Kier molecular flexibility index (Phi) is 6.87. The number of hydrogen-bond acceptors (Lipinski definition) is 5. The molecule has 0 radical (unpaired) electrons. The lowest BCUT2D eigenvalue weighted by Crippen LogP contribution is -2.21. The van der Waals surface area contributed by atoms with Gasteiger partial charge in [-0.3, -0.25) is 4.79 Å². The van der Waals surface area contributed by atoms with Gasteiger partial charge in [-0.1, -0.05) is 11.6 Å². The van der Waals surface area contributed by atoms with Crippen LogP contribution in [-0.4, -0.2) is 24.1 Å². The Morgan fingerprint density at radius 2 is 2.04 bits per heavy atom. The van der Waals surface area contributed by atoms with Gasteiger partial charge in [0.25, 0.3) is 5.91 Å². The lowest BCUT2D eigenvalue weighted by Gasteiger charge is -2.11. The molecular formula is C17H16ClN3O3. The van der Waals surface area contributed by atoms with E-state index < -0.39 is 0 Å². The summed E-state index contributed by atoms with van der Waals surface area (Å²) >= 11 is 5.79. The van der Waals surface area contributed by atoms with Crippen molar-refractivity contribution in [3.05, 3.63) is 47.6 Å². The van der Waals surface area contributed by atoms with Crippen LogP contribution in [-0.2, 0) is 4.79 Å². The molecule has 0 saturated carbocycles. The number of carbonyl (C=O) groups excluding carboxylic acids is 1. The minimum Gasteiger partial charge on any atom is -0.490 e. The lowest BCUT2D eigenvalue weighted by atomic mass is 10.3. The molecule has 1 heterocycles. The molecule has 1 amide bonds. The third-order valence-corrected chi connectivity index (χ3v) is 3.15. The maximum Gasteiger partial charge on any atom is 0.263 e. The first-order valence-electron chi connectivity index (χ1n) is 7.32. The van der Waals surface area contributed by atoms with Crippen LogP contribution in [0, 0.1) is 11.3 Å². The zero-order valence-corrected chi connectivity index (χ0v) is 13.6. The van der Waals surface area contributed by atoms with Crippen LogP contribution in [0.2, 0.25) is 5.02 Å². The molecular weight excluding hydrogens is 330 g/mol. The molecule has 0 fully saturated rings. The van der Waals surface area contributed by atoms with Gasteiger partial charge in [0.1, 0.15) is 5.75 Å². The normalized spacial score (nSPS) is 9.83. The topological polar surface area (TPSA) is 84.2 Å². The average Bonchev–Trinajstić information content (AvgIpc) is 2.59. The summed E-state index contributed by atoms with van der Waals surface area (Å²) in [6.07, 6.45) is 2.58. The molecule has 124 valence electrons. The van der Waals surface area contributed by atoms with Gasteiger partial charge >= 0.3 is 0 Å². The zero-order chi connectivity index (χ0) is 17.2. The molecule has 7 heteroatoms. The van der Waals surface area contributed by atoms with Gasteiger partial charge < -0.3 is 14.8 Å². The Balaban J connectivity index is 1.86. The number of hydrogen-bond donors (Lipinski definition) is 1. The molecule has 0 aliphatic rings. The number of halogens is 1. The van der Waals surface area contributed by atoms with Gasteiger partial charge in [-0.2, -0.15) is 5.26 Å². The van der Waals surface area contributed by atoms with E-state index in [-0.39, 0.29) is 12.5 Å². The van der Waals surface area contributed by atoms with E-state index >= 15 is 0 Å². The smallest absolute Gasteiger partial charge is 0.263 e. The molecule has 0 aliphatic carbocycles. The first kappa shape index (κ1) is 17.6. The van der Waals surface area contributed by atoms with Gasteiger partial charge in [0.15, 0.2) is 18.2 Å². The molecule has 0 bridgehead atoms. The van der Waals surface area contributed by atoms with Crippen molar-refractivity contribution in [2.24, 2.45) is 0 Å². The summed E-state index contributed by atoms with van der Waals surface area (Å²) in [6, 6.07) is 12.2. The van der Waals surface area contributed by atoms with E-state index in [1.165, 1.54) is 0 Å². The van der Waals surface area contributed by atoms with Crippen molar-refractivity contribution in [1.29, 1.82) is 5.26 Å². The summed E-state index contributed by atoms with van der Waals surface area (Å²) in [5, 5.41) is 11.7. The highest BCUT2D eigenvalue weighted by molar-refractivity contribution is 6.30. The largest absolute Gasteiger partial charge is 0.490 e. The standard InChI is InChI=1S/C17H16ClN3O3/c18-13-5-7-14(8-6-13)24-12-16(22)21-17-15(4-3-10-20-17)23-11-2-1-9-19/h3-8,10H,1-2,11-12H2,(H,20,21,22). The minimum atomic E-state index is -0.356. The fourth-order valence-corrected chi connectivity index (χ4v) is 1.91. The van der Waals surface area contributed by atoms with Crippen molar-refractivity contribution < 1.29 is 14.3 Å². The monoisotopic (exact) mass is 345 g/mol. The minimum absolute atomic E-state index is 0.161. The highest BCUT2D eigenvalue weighted by atomic mass is 35.5. The fourth-order valence-electron chi connectivity index (χ4n) is 1.78. The predicted octanol–water partition coefficient (Wildman–Crippen LogP) is 3.44. The molecule has 24 heavy (non-hydrogen) atoms. The molecule has 1 aromatic carbocycles. The fraction of sp³-hybridized carbons (Fsp3) is 0.235. The third-order valence-electron chi connectivity index (χ3n) is 2.90. The van der Waals surface area contributed by atoms with Crippen molar-refractivity contribution in [3.63, 3.8) is 0 Å². The van der Waals surface area contributed by atoms with Crippen LogP contribution in [0.3, 0.4) is 0 Å². The maximum atomic E-state index is 12.0. The number of benzene rings is 1. The summed E-state index contributed by atoms with van der Waals surface area (Å²) in [5.74, 6) is 0.962.